The summed E-state index contributed by atoms with van der Waals surface area (Å²) in [7, 11) is -4.05. The summed E-state index contributed by atoms with van der Waals surface area (Å²) in [4.78, 5) is 33.6. The summed E-state index contributed by atoms with van der Waals surface area (Å²) in [5.41, 5.74) is 1.38. The maximum absolute atomic E-state index is 12.9. The van der Waals surface area contributed by atoms with E-state index < -0.39 is 16.1 Å². The highest BCUT2D eigenvalue weighted by Crippen LogP contribution is 2.25. The molecule has 0 aliphatic carbocycles. The van der Waals surface area contributed by atoms with Crippen molar-refractivity contribution < 1.29 is 13.2 Å². The van der Waals surface area contributed by atoms with E-state index in [0.717, 1.165) is 30.0 Å². The SMILES string of the molecule is CCCNc1ccc2c(=O)n(-c3ccc(NC(=O)NS(=O)(=O)c4ccc(Cl)s4)cn3)cnc2c1. The van der Waals surface area contributed by atoms with E-state index in [1.54, 1.807) is 6.07 Å². The quantitative estimate of drug-likeness (QED) is 0.338. The van der Waals surface area contributed by atoms with Crippen LogP contribution < -0.4 is 20.9 Å². The number of hydrogen-bond acceptors (Lipinski definition) is 8. The van der Waals surface area contributed by atoms with E-state index in [0.29, 0.717) is 16.7 Å². The van der Waals surface area contributed by atoms with E-state index in [-0.39, 0.29) is 19.8 Å². The molecule has 0 unspecified atom stereocenters. The van der Waals surface area contributed by atoms with Crippen molar-refractivity contribution in [3.63, 3.8) is 0 Å². The van der Waals surface area contributed by atoms with Crippen LogP contribution in [0.5, 0.6) is 0 Å². The average Bonchev–Trinajstić information content (AvgIpc) is 3.25. The van der Waals surface area contributed by atoms with E-state index in [1.807, 2.05) is 16.9 Å². The average molecular weight is 519 g/mol. The van der Waals surface area contributed by atoms with Crippen LogP contribution in [0.15, 0.2) is 64.0 Å². The van der Waals surface area contributed by atoms with Gasteiger partial charge in [-0.25, -0.2) is 27.9 Å². The van der Waals surface area contributed by atoms with Gasteiger partial charge in [-0.05, 0) is 48.9 Å². The molecule has 0 saturated heterocycles. The molecule has 0 radical (unpaired) electrons. The second-order valence-corrected chi connectivity index (χ2v) is 10.7. The molecular weight excluding hydrogens is 500 g/mol. The van der Waals surface area contributed by atoms with E-state index in [4.69, 9.17) is 11.6 Å². The molecule has 0 spiro atoms. The standard InChI is InChI=1S/C21H19ClN6O4S2/c1-2-9-23-13-3-5-15-16(10-13)25-12-28(20(15)29)18-7-4-14(11-24-18)26-21(30)27-34(31,32)19-8-6-17(22)33-19/h3-8,10-12,23H,2,9H2,1H3,(H2,26,27,30). The fourth-order valence-electron chi connectivity index (χ4n) is 3.04. The number of amides is 2. The molecule has 3 N–H and O–H groups in total. The molecule has 13 heteroatoms. The third-order valence-corrected chi connectivity index (χ3v) is 7.69. The number of nitrogens with zero attached hydrogens (tertiary/aromatic N) is 3. The van der Waals surface area contributed by atoms with Gasteiger partial charge in [0.25, 0.3) is 15.6 Å². The third kappa shape index (κ3) is 5.19. The first kappa shape index (κ1) is 23.7. The fourth-order valence-corrected chi connectivity index (χ4v) is 5.43. The maximum atomic E-state index is 12.9. The smallest absolute Gasteiger partial charge is 0.333 e. The molecule has 3 aromatic heterocycles. The number of pyridine rings is 1. The van der Waals surface area contributed by atoms with Gasteiger partial charge in [0.15, 0.2) is 0 Å². The van der Waals surface area contributed by atoms with Gasteiger partial charge in [-0.3, -0.25) is 9.36 Å². The van der Waals surface area contributed by atoms with Crippen molar-refractivity contribution in [2.75, 3.05) is 17.2 Å². The Morgan fingerprint density at radius 2 is 1.91 bits per heavy atom. The first-order valence-electron chi connectivity index (χ1n) is 10.1. The number of rotatable bonds is 7. The number of aromatic nitrogens is 3. The van der Waals surface area contributed by atoms with Gasteiger partial charge in [-0.1, -0.05) is 18.5 Å². The van der Waals surface area contributed by atoms with Gasteiger partial charge < -0.3 is 10.6 Å². The molecule has 0 bridgehead atoms. The third-order valence-electron chi connectivity index (χ3n) is 4.63. The zero-order valence-corrected chi connectivity index (χ0v) is 20.2. The van der Waals surface area contributed by atoms with E-state index in [9.17, 15) is 18.0 Å². The molecule has 4 rings (SSSR count). The number of hydrogen-bond donors (Lipinski definition) is 3. The monoisotopic (exact) mass is 518 g/mol. The Kier molecular flexibility index (Phi) is 6.82. The number of thiophene rings is 1. The summed E-state index contributed by atoms with van der Waals surface area (Å²) < 4.78 is 27.8. The second kappa shape index (κ2) is 9.79. The van der Waals surface area contributed by atoms with Gasteiger partial charge >= 0.3 is 6.03 Å². The molecule has 4 aromatic rings. The highest BCUT2D eigenvalue weighted by molar-refractivity contribution is 7.92. The van der Waals surface area contributed by atoms with Gasteiger partial charge in [0.05, 0.1) is 27.1 Å². The number of sulfonamides is 1. The molecule has 176 valence electrons. The Balaban J connectivity index is 1.49. The number of benzene rings is 1. The Morgan fingerprint density at radius 3 is 2.59 bits per heavy atom. The van der Waals surface area contributed by atoms with Crippen molar-refractivity contribution in [3.05, 3.63) is 69.7 Å². The van der Waals surface area contributed by atoms with E-state index >= 15 is 0 Å². The number of carbonyl (C=O) groups is 1. The van der Waals surface area contributed by atoms with Crippen LogP contribution in [-0.4, -0.2) is 35.5 Å². The van der Waals surface area contributed by atoms with Gasteiger partial charge in [-0.2, -0.15) is 0 Å². The van der Waals surface area contributed by atoms with Crippen molar-refractivity contribution >= 4 is 61.3 Å². The van der Waals surface area contributed by atoms with Crippen LogP contribution in [0.1, 0.15) is 13.3 Å². The van der Waals surface area contributed by atoms with Gasteiger partial charge in [-0.15, -0.1) is 11.3 Å². The minimum absolute atomic E-state index is 0.0856. The summed E-state index contributed by atoms with van der Waals surface area (Å²) >= 11 is 6.58. The number of halogens is 1. The van der Waals surface area contributed by atoms with Crippen LogP contribution in [0.25, 0.3) is 16.7 Å². The lowest BCUT2D eigenvalue weighted by Gasteiger charge is -2.10. The molecule has 0 aliphatic rings. The Hall–Kier alpha value is -3.48. The fraction of sp³-hybridized carbons (Fsp3) is 0.143. The minimum Gasteiger partial charge on any atom is -0.385 e. The molecule has 10 nitrogen and oxygen atoms in total. The zero-order valence-electron chi connectivity index (χ0n) is 17.8. The molecule has 0 fully saturated rings. The highest BCUT2D eigenvalue weighted by atomic mass is 35.5. The lowest BCUT2D eigenvalue weighted by Crippen LogP contribution is -2.34. The summed E-state index contributed by atoms with van der Waals surface area (Å²) in [5.74, 6) is 0.291. The van der Waals surface area contributed by atoms with Crippen molar-refractivity contribution in [1.82, 2.24) is 19.3 Å². The molecular formula is C21H19ClN6O4S2. The topological polar surface area (TPSA) is 135 Å². The summed E-state index contributed by atoms with van der Waals surface area (Å²) in [5, 5.41) is 6.08. The number of fused-ring (bicyclic) bond motifs is 1. The number of nitrogens with one attached hydrogen (secondary N) is 3. The van der Waals surface area contributed by atoms with Crippen molar-refractivity contribution in [1.29, 1.82) is 0 Å². The Labute approximate surface area is 203 Å². The molecule has 0 aliphatic heterocycles. The van der Waals surface area contributed by atoms with Gasteiger partial charge in [0.2, 0.25) is 0 Å². The predicted octanol–water partition coefficient (Wildman–Crippen LogP) is 3.83. The molecule has 2 amide bonds. The largest absolute Gasteiger partial charge is 0.385 e. The summed E-state index contributed by atoms with van der Waals surface area (Å²) in [6.45, 7) is 2.88. The van der Waals surface area contributed by atoms with Crippen LogP contribution in [-0.2, 0) is 10.0 Å². The lowest BCUT2D eigenvalue weighted by molar-refractivity contribution is 0.256. The minimum atomic E-state index is -4.05. The lowest BCUT2D eigenvalue weighted by atomic mass is 10.2. The number of anilines is 2. The van der Waals surface area contributed by atoms with E-state index in [2.05, 4.69) is 27.5 Å². The second-order valence-electron chi connectivity index (χ2n) is 7.10. The summed E-state index contributed by atoms with van der Waals surface area (Å²) in [6, 6.07) is 10.1. The van der Waals surface area contributed by atoms with Crippen molar-refractivity contribution in [2.24, 2.45) is 0 Å². The Bertz CT molecular complexity index is 1520. The summed E-state index contributed by atoms with van der Waals surface area (Å²) in [6.07, 6.45) is 3.66. The van der Waals surface area contributed by atoms with Crippen LogP contribution in [0.2, 0.25) is 4.34 Å². The first-order valence-corrected chi connectivity index (χ1v) is 12.8. The predicted molar refractivity (Wildman–Crippen MR) is 133 cm³/mol. The van der Waals surface area contributed by atoms with Crippen LogP contribution >= 0.6 is 22.9 Å². The normalized spacial score (nSPS) is 11.4. The van der Waals surface area contributed by atoms with Gasteiger partial charge in [0, 0.05) is 12.2 Å². The number of urea groups is 1. The molecule has 34 heavy (non-hydrogen) atoms. The Morgan fingerprint density at radius 1 is 1.12 bits per heavy atom. The van der Waals surface area contributed by atoms with Crippen LogP contribution in [0.4, 0.5) is 16.2 Å². The molecule has 3 heterocycles. The maximum Gasteiger partial charge on any atom is 0.333 e. The van der Waals surface area contributed by atoms with Gasteiger partial charge in [0.1, 0.15) is 16.4 Å². The molecule has 0 saturated carbocycles. The van der Waals surface area contributed by atoms with Crippen LogP contribution in [0, 0.1) is 0 Å². The van der Waals surface area contributed by atoms with Crippen molar-refractivity contribution in [3.8, 4) is 5.82 Å². The van der Waals surface area contributed by atoms with Crippen LogP contribution in [0.3, 0.4) is 0 Å². The number of carbonyl (C=O) groups excluding carboxylic acids is 1. The highest BCUT2D eigenvalue weighted by Gasteiger charge is 2.20. The molecule has 1 aromatic carbocycles. The van der Waals surface area contributed by atoms with E-state index in [1.165, 1.54) is 41.4 Å². The van der Waals surface area contributed by atoms with Crippen molar-refractivity contribution in [2.45, 2.75) is 17.6 Å². The molecule has 0 atom stereocenters. The first-order chi connectivity index (χ1) is 16.3. The zero-order chi connectivity index (χ0) is 24.3.